The highest BCUT2D eigenvalue weighted by Gasteiger charge is 2.34. The zero-order valence-electron chi connectivity index (χ0n) is 20.1. The first-order valence-corrected chi connectivity index (χ1v) is 12.2. The minimum absolute atomic E-state index is 0.0283. The third-order valence-corrected chi connectivity index (χ3v) is 7.15. The third-order valence-electron chi connectivity index (χ3n) is 7.15. The van der Waals surface area contributed by atoms with Crippen molar-refractivity contribution in [2.75, 3.05) is 44.3 Å². The number of piperidine rings is 1. The predicted octanol–water partition coefficient (Wildman–Crippen LogP) is 2.20. The monoisotopic (exact) mass is 518 g/mol. The van der Waals surface area contributed by atoms with Crippen LogP contribution in [0.2, 0.25) is 0 Å². The third kappa shape index (κ3) is 5.41. The second-order valence-corrected chi connectivity index (χ2v) is 9.63. The summed E-state index contributed by atoms with van der Waals surface area (Å²) in [6.07, 6.45) is -0.996. The largest absolute Gasteiger partial charge is 0.416 e. The predicted molar refractivity (Wildman–Crippen MR) is 130 cm³/mol. The molecule has 0 radical (unpaired) electrons. The van der Waals surface area contributed by atoms with Crippen LogP contribution in [0.25, 0.3) is 11.0 Å². The number of nitrogens with two attached hydrogens (primary N) is 1. The summed E-state index contributed by atoms with van der Waals surface area (Å²) in [5, 5.41) is 11.5. The number of alkyl halides is 3. The number of anilines is 1. The highest BCUT2D eigenvalue weighted by Crippen LogP contribution is 2.36. The van der Waals surface area contributed by atoms with Gasteiger partial charge in [-0.2, -0.15) is 13.2 Å². The van der Waals surface area contributed by atoms with E-state index >= 15 is 0 Å². The van der Waals surface area contributed by atoms with Crippen molar-refractivity contribution in [3.8, 4) is 0 Å². The fourth-order valence-electron chi connectivity index (χ4n) is 5.30. The molecule has 2 aliphatic rings. The second kappa shape index (κ2) is 10.3. The highest BCUT2D eigenvalue weighted by atomic mass is 19.4. The van der Waals surface area contributed by atoms with Crippen molar-refractivity contribution >= 4 is 22.8 Å². The van der Waals surface area contributed by atoms with Gasteiger partial charge in [0.05, 0.1) is 42.9 Å². The summed E-state index contributed by atoms with van der Waals surface area (Å²) < 4.78 is 47.7. The van der Waals surface area contributed by atoms with E-state index in [1.54, 1.807) is 6.07 Å². The average Bonchev–Trinajstić information content (AvgIpc) is 3.28. The Balaban J connectivity index is 1.40. The molecular formula is C25H29F3N6O3. The van der Waals surface area contributed by atoms with Gasteiger partial charge in [-0.05, 0) is 36.7 Å². The summed E-state index contributed by atoms with van der Waals surface area (Å²) in [7, 11) is 0. The number of carbonyl (C=O) groups excluding carboxylic acids is 1. The van der Waals surface area contributed by atoms with Gasteiger partial charge in [-0.1, -0.05) is 12.1 Å². The van der Waals surface area contributed by atoms with Crippen molar-refractivity contribution in [2.24, 2.45) is 11.7 Å². The number of aliphatic hydroxyl groups excluding tert-OH is 1. The molecule has 4 heterocycles. The maximum absolute atomic E-state index is 13.4. The molecule has 0 bridgehead atoms. The number of primary amides is 1. The summed E-state index contributed by atoms with van der Waals surface area (Å²) in [5.41, 5.74) is 5.77. The molecule has 198 valence electrons. The number of likely N-dealkylation sites (tertiary alicyclic amines) is 1. The maximum atomic E-state index is 13.4. The van der Waals surface area contributed by atoms with Crippen LogP contribution in [0.15, 0.2) is 42.9 Å². The molecule has 2 aromatic heterocycles. The summed E-state index contributed by atoms with van der Waals surface area (Å²) in [6, 6.07) is 6.79. The number of benzene rings is 1. The summed E-state index contributed by atoms with van der Waals surface area (Å²) in [4.78, 5) is 24.0. The van der Waals surface area contributed by atoms with Gasteiger partial charge in [-0.3, -0.25) is 9.69 Å². The van der Waals surface area contributed by atoms with Gasteiger partial charge in [-0.15, -0.1) is 0 Å². The number of aromatic nitrogens is 3. The number of nitrogens with zero attached hydrogens (tertiary/aromatic N) is 5. The Morgan fingerprint density at radius 2 is 2.05 bits per heavy atom. The molecule has 9 nitrogen and oxygen atoms in total. The van der Waals surface area contributed by atoms with E-state index in [0.29, 0.717) is 56.2 Å². The summed E-state index contributed by atoms with van der Waals surface area (Å²) in [5.74, 6) is 0.184. The van der Waals surface area contributed by atoms with E-state index < -0.39 is 29.8 Å². The van der Waals surface area contributed by atoms with Crippen LogP contribution in [-0.2, 0) is 22.3 Å². The molecule has 5 rings (SSSR count). The number of aliphatic hydroxyl groups is 1. The topological polar surface area (TPSA) is 110 Å². The average molecular weight is 519 g/mol. The molecule has 1 aromatic carbocycles. The molecule has 3 atom stereocenters. The number of carbonyl (C=O) groups is 1. The van der Waals surface area contributed by atoms with Crippen molar-refractivity contribution in [3.63, 3.8) is 0 Å². The fraction of sp³-hybridized carbons (Fsp3) is 0.480. The van der Waals surface area contributed by atoms with Crippen LogP contribution >= 0.6 is 0 Å². The Morgan fingerprint density at radius 3 is 2.81 bits per heavy atom. The van der Waals surface area contributed by atoms with E-state index in [1.165, 1.54) is 18.5 Å². The molecule has 3 aromatic rings. The van der Waals surface area contributed by atoms with Crippen LogP contribution in [-0.4, -0.2) is 75.9 Å². The van der Waals surface area contributed by atoms with Crippen LogP contribution in [0.1, 0.15) is 23.6 Å². The molecule has 2 saturated heterocycles. The van der Waals surface area contributed by atoms with Gasteiger partial charge in [0.2, 0.25) is 5.91 Å². The molecule has 3 N–H and O–H groups in total. The minimum atomic E-state index is -4.43. The number of fused-ring (bicyclic) bond motifs is 1. The number of halogens is 3. The lowest BCUT2D eigenvalue weighted by atomic mass is 9.93. The summed E-state index contributed by atoms with van der Waals surface area (Å²) >= 11 is 0. The highest BCUT2D eigenvalue weighted by molar-refractivity contribution is 5.88. The van der Waals surface area contributed by atoms with Gasteiger partial charge < -0.3 is 25.0 Å². The van der Waals surface area contributed by atoms with Crippen molar-refractivity contribution in [2.45, 2.75) is 31.3 Å². The van der Waals surface area contributed by atoms with Crippen molar-refractivity contribution in [1.29, 1.82) is 0 Å². The molecule has 0 aliphatic carbocycles. The fourth-order valence-corrected chi connectivity index (χ4v) is 5.30. The second-order valence-electron chi connectivity index (χ2n) is 9.63. The van der Waals surface area contributed by atoms with Crippen LogP contribution < -0.4 is 10.6 Å². The molecule has 2 aliphatic heterocycles. The Kier molecular flexibility index (Phi) is 7.06. The van der Waals surface area contributed by atoms with Gasteiger partial charge in [0.15, 0.2) is 0 Å². The van der Waals surface area contributed by atoms with Crippen molar-refractivity contribution < 1.29 is 27.8 Å². The maximum Gasteiger partial charge on any atom is 0.416 e. The standard InChI is InChI=1S/C25H29F3N6O3/c26-25(27,28)18-3-1-2-16(10-18)20-14-37-9-8-34(20)24-19-5-7-33(23(19)30-15-31-24)11-17-4-6-32(12-21(17)35)13-22(29)36/h1-3,5,7,10,15,17,20-21,35H,4,6,8-9,11-14H2,(H2,29,36)/t17?,20-,21+/m1/s1. The first-order chi connectivity index (χ1) is 17.7. The number of hydrogen-bond donors (Lipinski definition) is 2. The molecular weight excluding hydrogens is 489 g/mol. The van der Waals surface area contributed by atoms with E-state index in [-0.39, 0.29) is 19.1 Å². The van der Waals surface area contributed by atoms with Gasteiger partial charge in [0.25, 0.3) is 0 Å². The molecule has 2 fully saturated rings. The Labute approximate surface area is 211 Å². The lowest BCUT2D eigenvalue weighted by Crippen LogP contribution is -2.47. The molecule has 1 unspecified atom stereocenters. The van der Waals surface area contributed by atoms with Gasteiger partial charge >= 0.3 is 6.18 Å². The molecule has 37 heavy (non-hydrogen) atoms. The zero-order valence-corrected chi connectivity index (χ0v) is 20.1. The number of β-amino-alcohol motifs (C(OH)–C–C–N with tert-alkyl or cyclic N) is 1. The van der Waals surface area contributed by atoms with Crippen LogP contribution in [0.5, 0.6) is 0 Å². The Bertz CT molecular complexity index is 1270. The van der Waals surface area contributed by atoms with Gasteiger partial charge in [-0.25, -0.2) is 9.97 Å². The van der Waals surface area contributed by atoms with Gasteiger partial charge in [0.1, 0.15) is 17.8 Å². The van der Waals surface area contributed by atoms with E-state index in [4.69, 9.17) is 10.5 Å². The summed E-state index contributed by atoms with van der Waals surface area (Å²) in [6.45, 7) is 2.83. The number of morpholine rings is 1. The van der Waals surface area contributed by atoms with E-state index in [1.807, 2.05) is 26.6 Å². The van der Waals surface area contributed by atoms with E-state index in [0.717, 1.165) is 11.5 Å². The van der Waals surface area contributed by atoms with Gasteiger partial charge in [0, 0.05) is 31.7 Å². The van der Waals surface area contributed by atoms with E-state index in [9.17, 15) is 23.1 Å². The van der Waals surface area contributed by atoms with Crippen molar-refractivity contribution in [1.82, 2.24) is 19.4 Å². The van der Waals surface area contributed by atoms with Crippen molar-refractivity contribution in [3.05, 3.63) is 54.0 Å². The number of rotatable bonds is 6. The number of hydrogen-bond acceptors (Lipinski definition) is 7. The minimum Gasteiger partial charge on any atom is -0.391 e. The molecule has 1 amide bonds. The number of ether oxygens (including phenoxy) is 1. The Hall–Kier alpha value is -3.22. The SMILES string of the molecule is NC(=O)CN1CCC(Cn2ccc3c(N4CCOC[C@@H]4c4cccc(C(F)(F)F)c4)ncnc32)[C@@H](O)C1. The first-order valence-electron chi connectivity index (χ1n) is 12.2. The zero-order chi connectivity index (χ0) is 26.2. The van der Waals surface area contributed by atoms with E-state index in [2.05, 4.69) is 9.97 Å². The first kappa shape index (κ1) is 25.4. The number of amides is 1. The smallest absolute Gasteiger partial charge is 0.391 e. The lowest BCUT2D eigenvalue weighted by Gasteiger charge is -2.37. The normalized spacial score (nSPS) is 23.5. The van der Waals surface area contributed by atoms with Crippen LogP contribution in [0.3, 0.4) is 0 Å². The lowest BCUT2D eigenvalue weighted by molar-refractivity contribution is -0.137. The molecule has 12 heteroatoms. The van der Waals surface area contributed by atoms with Crippen LogP contribution in [0, 0.1) is 5.92 Å². The van der Waals surface area contributed by atoms with Crippen LogP contribution in [0.4, 0.5) is 19.0 Å². The Morgan fingerprint density at radius 1 is 1.22 bits per heavy atom. The molecule has 0 spiro atoms. The quantitative estimate of drug-likeness (QED) is 0.515. The molecule has 0 saturated carbocycles.